The zero-order valence-electron chi connectivity index (χ0n) is 14.1. The number of hydrogen-bond donors (Lipinski definition) is 1. The molecule has 1 amide bonds. The Labute approximate surface area is 142 Å². The van der Waals surface area contributed by atoms with Crippen LogP contribution in [-0.2, 0) is 6.42 Å². The Kier molecular flexibility index (Phi) is 5.46. The fourth-order valence-corrected chi connectivity index (χ4v) is 2.97. The van der Waals surface area contributed by atoms with E-state index in [-0.39, 0.29) is 5.91 Å². The third kappa shape index (κ3) is 4.13. The molecule has 1 N–H and O–H groups in total. The summed E-state index contributed by atoms with van der Waals surface area (Å²) < 4.78 is 5.72. The van der Waals surface area contributed by atoms with Crippen LogP contribution >= 0.6 is 0 Å². The smallest absolute Gasteiger partial charge is 0.274 e. The van der Waals surface area contributed by atoms with Crippen molar-refractivity contribution < 1.29 is 9.53 Å². The van der Waals surface area contributed by atoms with Crippen LogP contribution in [0.1, 0.15) is 42.4 Å². The Morgan fingerprint density at radius 3 is 2.92 bits per heavy atom. The molecule has 0 aromatic carbocycles. The van der Waals surface area contributed by atoms with Gasteiger partial charge in [0.15, 0.2) is 0 Å². The van der Waals surface area contributed by atoms with Crippen LogP contribution in [0.2, 0.25) is 0 Å². The molecule has 1 saturated heterocycles. The van der Waals surface area contributed by atoms with E-state index in [0.717, 1.165) is 44.5 Å². The van der Waals surface area contributed by atoms with E-state index in [1.54, 1.807) is 6.20 Å². The van der Waals surface area contributed by atoms with E-state index in [0.29, 0.717) is 24.1 Å². The highest BCUT2D eigenvalue weighted by Crippen LogP contribution is 2.20. The SMILES string of the molecule is CCCc1cc(C(=O)N2CCC(COc3ccccn3)CC2)n[nH]1. The van der Waals surface area contributed by atoms with Gasteiger partial charge in [-0.15, -0.1) is 0 Å². The van der Waals surface area contributed by atoms with Gasteiger partial charge in [-0.3, -0.25) is 9.89 Å². The second-order valence-corrected chi connectivity index (χ2v) is 6.24. The summed E-state index contributed by atoms with van der Waals surface area (Å²) in [6.45, 7) is 4.28. The van der Waals surface area contributed by atoms with Crippen molar-refractivity contribution in [3.05, 3.63) is 41.9 Å². The van der Waals surface area contributed by atoms with E-state index >= 15 is 0 Å². The van der Waals surface area contributed by atoms with Crippen LogP contribution in [0, 0.1) is 5.92 Å². The minimum Gasteiger partial charge on any atom is -0.477 e. The highest BCUT2D eigenvalue weighted by atomic mass is 16.5. The average Bonchev–Trinajstić information content (AvgIpc) is 3.10. The van der Waals surface area contributed by atoms with Crippen molar-refractivity contribution in [1.29, 1.82) is 0 Å². The maximum Gasteiger partial charge on any atom is 0.274 e. The van der Waals surface area contributed by atoms with Gasteiger partial charge in [-0.1, -0.05) is 19.4 Å². The maximum absolute atomic E-state index is 12.5. The first-order chi connectivity index (χ1) is 11.8. The van der Waals surface area contributed by atoms with E-state index < -0.39 is 0 Å². The van der Waals surface area contributed by atoms with Crippen LogP contribution in [0.15, 0.2) is 30.5 Å². The average molecular weight is 328 g/mol. The summed E-state index contributed by atoms with van der Waals surface area (Å²) in [7, 11) is 0. The van der Waals surface area contributed by atoms with E-state index in [9.17, 15) is 4.79 Å². The van der Waals surface area contributed by atoms with Crippen LogP contribution in [-0.4, -0.2) is 45.7 Å². The topological polar surface area (TPSA) is 71.1 Å². The van der Waals surface area contributed by atoms with Gasteiger partial charge >= 0.3 is 0 Å². The molecule has 6 nitrogen and oxygen atoms in total. The third-order valence-corrected chi connectivity index (χ3v) is 4.38. The lowest BCUT2D eigenvalue weighted by Gasteiger charge is -2.31. The van der Waals surface area contributed by atoms with Gasteiger partial charge in [0.05, 0.1) is 6.61 Å². The number of piperidine rings is 1. The number of aromatic amines is 1. The highest BCUT2D eigenvalue weighted by molar-refractivity contribution is 5.92. The van der Waals surface area contributed by atoms with Crippen molar-refractivity contribution in [3.8, 4) is 5.88 Å². The van der Waals surface area contributed by atoms with Gasteiger partial charge in [0, 0.05) is 31.0 Å². The van der Waals surface area contributed by atoms with Crippen LogP contribution < -0.4 is 4.74 Å². The van der Waals surface area contributed by atoms with Gasteiger partial charge in [-0.05, 0) is 37.3 Å². The predicted molar refractivity (Wildman–Crippen MR) is 90.9 cm³/mol. The Morgan fingerprint density at radius 2 is 2.21 bits per heavy atom. The zero-order chi connectivity index (χ0) is 16.8. The molecular weight excluding hydrogens is 304 g/mol. The second kappa shape index (κ2) is 7.95. The summed E-state index contributed by atoms with van der Waals surface area (Å²) in [5, 5.41) is 7.11. The molecule has 1 aliphatic rings. The second-order valence-electron chi connectivity index (χ2n) is 6.24. The van der Waals surface area contributed by atoms with Crippen LogP contribution in [0.25, 0.3) is 0 Å². The molecule has 128 valence electrons. The summed E-state index contributed by atoms with van der Waals surface area (Å²) in [5.74, 6) is 1.15. The fourth-order valence-electron chi connectivity index (χ4n) is 2.97. The molecule has 1 fully saturated rings. The minimum atomic E-state index is 0.0256. The Hall–Kier alpha value is -2.37. The molecule has 2 aromatic heterocycles. The molecule has 3 heterocycles. The number of nitrogens with one attached hydrogen (secondary N) is 1. The molecule has 1 aliphatic heterocycles. The summed E-state index contributed by atoms with van der Waals surface area (Å²) in [6, 6.07) is 7.53. The number of carbonyl (C=O) groups excluding carboxylic acids is 1. The molecule has 0 radical (unpaired) electrons. The lowest BCUT2D eigenvalue weighted by atomic mass is 9.97. The van der Waals surface area contributed by atoms with Gasteiger partial charge in [0.1, 0.15) is 5.69 Å². The molecular formula is C18H24N4O2. The lowest BCUT2D eigenvalue weighted by molar-refractivity contribution is 0.0653. The number of aromatic nitrogens is 3. The number of ether oxygens (including phenoxy) is 1. The minimum absolute atomic E-state index is 0.0256. The molecule has 0 spiro atoms. The molecule has 0 aliphatic carbocycles. The van der Waals surface area contributed by atoms with Crippen LogP contribution in [0.3, 0.4) is 0 Å². The molecule has 0 bridgehead atoms. The molecule has 3 rings (SSSR count). The van der Waals surface area contributed by atoms with Gasteiger partial charge in [0.25, 0.3) is 5.91 Å². The van der Waals surface area contributed by atoms with Crippen molar-refractivity contribution in [2.24, 2.45) is 5.92 Å². The number of H-pyrrole nitrogens is 1. The zero-order valence-corrected chi connectivity index (χ0v) is 14.1. The number of amides is 1. The van der Waals surface area contributed by atoms with E-state index in [2.05, 4.69) is 22.1 Å². The fraction of sp³-hybridized carbons (Fsp3) is 0.500. The molecule has 24 heavy (non-hydrogen) atoms. The Morgan fingerprint density at radius 1 is 1.38 bits per heavy atom. The highest BCUT2D eigenvalue weighted by Gasteiger charge is 2.25. The summed E-state index contributed by atoms with van der Waals surface area (Å²) >= 11 is 0. The molecule has 2 aromatic rings. The summed E-state index contributed by atoms with van der Waals surface area (Å²) in [5.41, 5.74) is 1.56. The molecule has 6 heteroatoms. The monoisotopic (exact) mass is 328 g/mol. The van der Waals surface area contributed by atoms with Crippen molar-refractivity contribution >= 4 is 5.91 Å². The Bertz CT molecular complexity index is 648. The largest absolute Gasteiger partial charge is 0.477 e. The first-order valence-corrected chi connectivity index (χ1v) is 8.63. The number of rotatable bonds is 6. The summed E-state index contributed by atoms with van der Waals surface area (Å²) in [4.78, 5) is 18.6. The number of carbonyl (C=O) groups is 1. The standard InChI is InChI=1S/C18H24N4O2/c1-2-5-15-12-16(21-20-15)18(23)22-10-7-14(8-11-22)13-24-17-6-3-4-9-19-17/h3-4,6,9,12,14H,2,5,7-8,10-11,13H2,1H3,(H,20,21). The number of aryl methyl sites for hydroxylation is 1. The molecule has 0 atom stereocenters. The van der Waals surface area contributed by atoms with Gasteiger partial charge < -0.3 is 9.64 Å². The van der Waals surface area contributed by atoms with Crippen LogP contribution in [0.5, 0.6) is 5.88 Å². The van der Waals surface area contributed by atoms with Gasteiger partial charge in [0.2, 0.25) is 5.88 Å². The predicted octanol–water partition coefficient (Wildman–Crippen LogP) is 2.69. The van der Waals surface area contributed by atoms with E-state index in [1.165, 1.54) is 0 Å². The van der Waals surface area contributed by atoms with Gasteiger partial charge in [-0.2, -0.15) is 5.10 Å². The molecule has 0 saturated carbocycles. The normalized spacial score (nSPS) is 15.5. The third-order valence-electron chi connectivity index (χ3n) is 4.38. The number of pyridine rings is 1. The van der Waals surface area contributed by atoms with Crippen molar-refractivity contribution in [1.82, 2.24) is 20.1 Å². The van der Waals surface area contributed by atoms with E-state index in [4.69, 9.17) is 4.74 Å². The number of likely N-dealkylation sites (tertiary alicyclic amines) is 1. The first kappa shape index (κ1) is 16.5. The maximum atomic E-state index is 12.5. The number of nitrogens with zero attached hydrogens (tertiary/aromatic N) is 3. The van der Waals surface area contributed by atoms with Crippen molar-refractivity contribution in [2.45, 2.75) is 32.6 Å². The molecule has 0 unspecified atom stereocenters. The lowest BCUT2D eigenvalue weighted by Crippen LogP contribution is -2.39. The first-order valence-electron chi connectivity index (χ1n) is 8.63. The quantitative estimate of drug-likeness (QED) is 0.885. The van der Waals surface area contributed by atoms with E-state index in [1.807, 2.05) is 29.2 Å². The Balaban J connectivity index is 1.46. The summed E-state index contributed by atoms with van der Waals surface area (Å²) in [6.07, 6.45) is 5.59. The van der Waals surface area contributed by atoms with Gasteiger partial charge in [-0.25, -0.2) is 4.98 Å². The van der Waals surface area contributed by atoms with Crippen molar-refractivity contribution in [2.75, 3.05) is 19.7 Å². The number of hydrogen-bond acceptors (Lipinski definition) is 4. The van der Waals surface area contributed by atoms with Crippen LogP contribution in [0.4, 0.5) is 0 Å². The van der Waals surface area contributed by atoms with Crippen molar-refractivity contribution in [3.63, 3.8) is 0 Å².